The summed E-state index contributed by atoms with van der Waals surface area (Å²) in [5, 5.41) is 3.58. The normalized spacial score (nSPS) is 21.7. The molecule has 2 aromatic carbocycles. The van der Waals surface area contributed by atoms with Crippen molar-refractivity contribution in [1.29, 1.82) is 0 Å². The molecule has 132 valence electrons. The lowest BCUT2D eigenvalue weighted by Gasteiger charge is -2.38. The van der Waals surface area contributed by atoms with E-state index in [2.05, 4.69) is 77.6 Å². The average molecular weight is 408 g/mol. The monoisotopic (exact) mass is 407 g/mol. The fourth-order valence-electron chi connectivity index (χ4n) is 3.98. The number of hydrogen-bond acceptors (Lipinski definition) is 2. The topological polar surface area (TPSA) is 29.1 Å². The molecule has 2 aromatic rings. The van der Waals surface area contributed by atoms with E-state index in [1.165, 1.54) is 5.56 Å². The van der Waals surface area contributed by atoms with Crippen LogP contribution in [0.5, 0.6) is 0 Å². The highest BCUT2D eigenvalue weighted by Gasteiger charge is 2.38. The fraction of sp³-hybridized carbons (Fsp3) is 0.261. The molecule has 2 nitrogen and oxygen atoms in total. The smallest absolute Gasteiger partial charge is 0.162 e. The van der Waals surface area contributed by atoms with Crippen LogP contribution in [-0.2, 0) is 4.79 Å². The van der Waals surface area contributed by atoms with Crippen LogP contribution < -0.4 is 5.32 Å². The van der Waals surface area contributed by atoms with Crippen molar-refractivity contribution in [3.05, 3.63) is 87.5 Å². The van der Waals surface area contributed by atoms with E-state index in [4.69, 9.17) is 0 Å². The maximum Gasteiger partial charge on any atom is 0.162 e. The van der Waals surface area contributed by atoms with Gasteiger partial charge in [-0.15, -0.1) is 0 Å². The number of hydrogen-bond donors (Lipinski definition) is 1. The number of allylic oxidation sites excluding steroid dienone is 3. The van der Waals surface area contributed by atoms with Gasteiger partial charge in [0.1, 0.15) is 0 Å². The lowest BCUT2D eigenvalue weighted by molar-refractivity contribution is -0.118. The van der Waals surface area contributed by atoms with Gasteiger partial charge in [0.2, 0.25) is 0 Å². The van der Waals surface area contributed by atoms with Crippen LogP contribution in [-0.4, -0.2) is 5.78 Å². The van der Waals surface area contributed by atoms with E-state index in [0.717, 1.165) is 33.4 Å². The molecule has 0 bridgehead atoms. The minimum absolute atomic E-state index is 0.00762. The molecular formula is C23H22BrNO. The Bertz CT molecular complexity index is 907. The van der Waals surface area contributed by atoms with E-state index in [9.17, 15) is 4.79 Å². The first-order chi connectivity index (χ1) is 12.4. The first-order valence-corrected chi connectivity index (χ1v) is 9.78. The maximum atomic E-state index is 13.0. The molecule has 0 aromatic heterocycles. The Morgan fingerprint density at radius 3 is 2.38 bits per heavy atom. The van der Waals surface area contributed by atoms with Gasteiger partial charge in [-0.25, -0.2) is 0 Å². The van der Waals surface area contributed by atoms with E-state index < -0.39 is 0 Å². The van der Waals surface area contributed by atoms with Gasteiger partial charge in [0.25, 0.3) is 0 Å². The van der Waals surface area contributed by atoms with Crippen LogP contribution in [0.2, 0.25) is 0 Å². The van der Waals surface area contributed by atoms with Gasteiger partial charge in [0.15, 0.2) is 5.78 Å². The largest absolute Gasteiger partial charge is 0.358 e. The summed E-state index contributed by atoms with van der Waals surface area (Å²) in [4.78, 5) is 13.0. The van der Waals surface area contributed by atoms with Crippen molar-refractivity contribution >= 4 is 27.4 Å². The fourth-order valence-corrected chi connectivity index (χ4v) is 4.25. The highest BCUT2D eigenvalue weighted by molar-refractivity contribution is 9.10. The van der Waals surface area contributed by atoms with Gasteiger partial charge in [-0.1, -0.05) is 72.2 Å². The third-order valence-electron chi connectivity index (χ3n) is 5.16. The van der Waals surface area contributed by atoms with E-state index >= 15 is 0 Å². The second-order valence-electron chi connectivity index (χ2n) is 7.93. The van der Waals surface area contributed by atoms with Crippen LogP contribution >= 0.6 is 15.9 Å². The molecule has 0 saturated heterocycles. The molecular weight excluding hydrogens is 386 g/mol. The molecule has 1 unspecified atom stereocenters. The third kappa shape index (κ3) is 3.28. The highest BCUT2D eigenvalue weighted by Crippen LogP contribution is 2.44. The minimum atomic E-state index is -0.00762. The average Bonchev–Trinajstić information content (AvgIpc) is 2.61. The standard InChI is InChI=1S/C23H22BrNO/c1-23(2)13-20-22(21(26)14-23)18(15-6-4-3-5-7-15)12-19(25-20)16-8-10-17(24)11-9-16/h3-12,18,25H,13-14H2,1-2H3. The molecule has 1 heterocycles. The number of benzene rings is 2. The van der Waals surface area contributed by atoms with Gasteiger partial charge >= 0.3 is 0 Å². The third-order valence-corrected chi connectivity index (χ3v) is 5.69. The molecule has 0 radical (unpaired) electrons. The van der Waals surface area contributed by atoms with Crippen molar-refractivity contribution in [2.45, 2.75) is 32.6 Å². The van der Waals surface area contributed by atoms with E-state index in [1.54, 1.807) is 0 Å². The Labute approximate surface area is 163 Å². The summed E-state index contributed by atoms with van der Waals surface area (Å²) in [7, 11) is 0. The molecule has 2 aliphatic rings. The predicted octanol–water partition coefficient (Wildman–Crippen LogP) is 5.82. The molecule has 26 heavy (non-hydrogen) atoms. The molecule has 0 saturated carbocycles. The Morgan fingerprint density at radius 1 is 1.00 bits per heavy atom. The van der Waals surface area contributed by atoms with Gasteiger partial charge in [0, 0.05) is 33.8 Å². The van der Waals surface area contributed by atoms with Crippen LogP contribution in [0.3, 0.4) is 0 Å². The highest BCUT2D eigenvalue weighted by atomic mass is 79.9. The molecule has 1 atom stereocenters. The van der Waals surface area contributed by atoms with Crippen molar-refractivity contribution in [3.63, 3.8) is 0 Å². The lowest BCUT2D eigenvalue weighted by Crippen LogP contribution is -2.35. The molecule has 0 fully saturated rings. The van der Waals surface area contributed by atoms with Crippen molar-refractivity contribution in [3.8, 4) is 0 Å². The number of halogens is 1. The van der Waals surface area contributed by atoms with Gasteiger partial charge in [-0.2, -0.15) is 0 Å². The van der Waals surface area contributed by atoms with Crippen LogP contribution in [0.1, 0.15) is 43.7 Å². The van der Waals surface area contributed by atoms with Crippen molar-refractivity contribution in [1.82, 2.24) is 5.32 Å². The molecule has 3 heteroatoms. The number of dihydropyridines is 1. The maximum absolute atomic E-state index is 13.0. The molecule has 4 rings (SSSR count). The van der Waals surface area contributed by atoms with E-state index in [0.29, 0.717) is 6.42 Å². The summed E-state index contributed by atoms with van der Waals surface area (Å²) in [6, 6.07) is 18.6. The summed E-state index contributed by atoms with van der Waals surface area (Å²) in [6.07, 6.45) is 3.71. The Balaban J connectivity index is 1.82. The number of carbonyl (C=O) groups excluding carboxylic acids is 1. The zero-order valence-electron chi connectivity index (χ0n) is 15.1. The Morgan fingerprint density at radius 2 is 1.69 bits per heavy atom. The molecule has 1 aliphatic carbocycles. The number of Topliss-reactive ketones (excluding diaryl/α,β-unsaturated/α-hetero) is 1. The summed E-state index contributed by atoms with van der Waals surface area (Å²) in [5.41, 5.74) is 5.40. The minimum Gasteiger partial charge on any atom is -0.358 e. The SMILES string of the molecule is CC1(C)CC(=O)C2=C(C1)NC(c1ccc(Br)cc1)=CC2c1ccccc1. The second kappa shape index (κ2) is 6.55. The number of nitrogens with one attached hydrogen (secondary N) is 1. The van der Waals surface area contributed by atoms with E-state index in [-0.39, 0.29) is 17.1 Å². The molecule has 0 spiro atoms. The van der Waals surface area contributed by atoms with Gasteiger partial charge in [0.05, 0.1) is 0 Å². The number of rotatable bonds is 2. The number of ketones is 1. The summed E-state index contributed by atoms with van der Waals surface area (Å²) < 4.78 is 1.06. The molecule has 0 amide bonds. The van der Waals surface area contributed by atoms with Gasteiger partial charge in [-0.3, -0.25) is 4.79 Å². The van der Waals surface area contributed by atoms with Crippen molar-refractivity contribution in [2.75, 3.05) is 0 Å². The zero-order chi connectivity index (χ0) is 18.3. The quantitative estimate of drug-likeness (QED) is 0.679. The Hall–Kier alpha value is -2.13. The molecule has 1 N–H and O–H groups in total. The number of carbonyl (C=O) groups is 1. The van der Waals surface area contributed by atoms with Crippen molar-refractivity contribution in [2.24, 2.45) is 5.41 Å². The van der Waals surface area contributed by atoms with Crippen LogP contribution in [0, 0.1) is 5.41 Å². The summed E-state index contributed by atoms with van der Waals surface area (Å²) in [6.45, 7) is 4.34. The van der Waals surface area contributed by atoms with Gasteiger partial charge < -0.3 is 5.32 Å². The van der Waals surface area contributed by atoms with E-state index in [1.807, 2.05) is 18.2 Å². The van der Waals surface area contributed by atoms with Crippen LogP contribution in [0.25, 0.3) is 5.70 Å². The lowest BCUT2D eigenvalue weighted by atomic mass is 9.70. The van der Waals surface area contributed by atoms with Crippen LogP contribution in [0.15, 0.2) is 76.4 Å². The second-order valence-corrected chi connectivity index (χ2v) is 8.85. The first kappa shape index (κ1) is 17.3. The summed E-state index contributed by atoms with van der Waals surface area (Å²) >= 11 is 3.50. The van der Waals surface area contributed by atoms with Crippen LogP contribution in [0.4, 0.5) is 0 Å². The van der Waals surface area contributed by atoms with Crippen molar-refractivity contribution < 1.29 is 4.79 Å². The predicted molar refractivity (Wildman–Crippen MR) is 109 cm³/mol. The zero-order valence-corrected chi connectivity index (χ0v) is 16.6. The van der Waals surface area contributed by atoms with Gasteiger partial charge in [-0.05, 0) is 41.2 Å². The summed E-state index contributed by atoms with van der Waals surface area (Å²) in [5.74, 6) is 0.276. The Kier molecular flexibility index (Phi) is 4.36. The first-order valence-electron chi connectivity index (χ1n) is 8.99. The molecule has 1 aliphatic heterocycles.